The molecule has 1 aromatic carbocycles. The minimum absolute atomic E-state index is 0.0296. The van der Waals surface area contributed by atoms with Crippen molar-refractivity contribution >= 4 is 11.7 Å². The molecular formula is C20H24N4O3. The number of hydrogen-bond donors (Lipinski definition) is 0. The summed E-state index contributed by atoms with van der Waals surface area (Å²) in [6.07, 6.45) is 0.901. The van der Waals surface area contributed by atoms with E-state index in [4.69, 9.17) is 9.47 Å². The summed E-state index contributed by atoms with van der Waals surface area (Å²) in [7, 11) is 0. The molecular weight excluding hydrogens is 344 g/mol. The Morgan fingerprint density at radius 1 is 1.00 bits per heavy atom. The minimum Gasteiger partial charge on any atom is -0.454 e. The second-order valence-electron chi connectivity index (χ2n) is 7.01. The molecule has 1 amide bonds. The van der Waals surface area contributed by atoms with Crippen LogP contribution in [0.1, 0.15) is 33.9 Å². The molecule has 1 fully saturated rings. The van der Waals surface area contributed by atoms with Crippen LogP contribution in [0.15, 0.2) is 18.2 Å². The Labute approximate surface area is 158 Å². The standard InChI is InChI=1S/C20H24N4O3/c1-13-14(2)21-15(3)22-19(13)23-7-4-8-24(10-9-23)20(25)16-5-6-17-18(11-16)27-12-26-17/h5-6,11H,4,7-10,12H2,1-3H3. The molecule has 27 heavy (non-hydrogen) atoms. The van der Waals surface area contributed by atoms with Crippen molar-refractivity contribution in [1.29, 1.82) is 0 Å². The van der Waals surface area contributed by atoms with Crippen molar-refractivity contribution in [2.75, 3.05) is 37.9 Å². The molecule has 4 rings (SSSR count). The smallest absolute Gasteiger partial charge is 0.254 e. The number of anilines is 1. The molecule has 2 aliphatic heterocycles. The van der Waals surface area contributed by atoms with Gasteiger partial charge >= 0.3 is 0 Å². The van der Waals surface area contributed by atoms with Crippen LogP contribution in [0.3, 0.4) is 0 Å². The van der Waals surface area contributed by atoms with Gasteiger partial charge in [0.25, 0.3) is 5.91 Å². The SMILES string of the molecule is Cc1nc(C)c(C)c(N2CCCN(C(=O)c3ccc4c(c3)OCO4)CC2)n1. The van der Waals surface area contributed by atoms with Gasteiger partial charge in [-0.05, 0) is 45.4 Å². The maximum atomic E-state index is 13.0. The molecule has 0 unspecified atom stereocenters. The third kappa shape index (κ3) is 3.41. The van der Waals surface area contributed by atoms with Gasteiger partial charge in [0.15, 0.2) is 11.5 Å². The van der Waals surface area contributed by atoms with E-state index < -0.39 is 0 Å². The summed E-state index contributed by atoms with van der Waals surface area (Å²) >= 11 is 0. The predicted octanol–water partition coefficient (Wildman–Crippen LogP) is 2.48. The Hall–Kier alpha value is -2.83. The van der Waals surface area contributed by atoms with Crippen LogP contribution in [0.5, 0.6) is 11.5 Å². The molecule has 2 aromatic rings. The highest BCUT2D eigenvalue weighted by Gasteiger charge is 2.24. The highest BCUT2D eigenvalue weighted by atomic mass is 16.7. The largest absolute Gasteiger partial charge is 0.454 e. The summed E-state index contributed by atoms with van der Waals surface area (Å²) in [5, 5.41) is 0. The normalized spacial score (nSPS) is 16.4. The number of benzene rings is 1. The van der Waals surface area contributed by atoms with Gasteiger partial charge in [-0.15, -0.1) is 0 Å². The summed E-state index contributed by atoms with van der Waals surface area (Å²) in [6.45, 7) is 9.23. The van der Waals surface area contributed by atoms with Gasteiger partial charge < -0.3 is 19.3 Å². The van der Waals surface area contributed by atoms with Gasteiger partial charge in [-0.25, -0.2) is 9.97 Å². The summed E-state index contributed by atoms with van der Waals surface area (Å²) in [5.41, 5.74) is 2.75. The van der Waals surface area contributed by atoms with E-state index in [0.717, 1.165) is 49.0 Å². The molecule has 2 aliphatic rings. The highest BCUT2D eigenvalue weighted by Crippen LogP contribution is 2.33. The topological polar surface area (TPSA) is 67.8 Å². The van der Waals surface area contributed by atoms with E-state index in [1.54, 1.807) is 18.2 Å². The molecule has 142 valence electrons. The lowest BCUT2D eigenvalue weighted by atomic mass is 10.1. The van der Waals surface area contributed by atoms with E-state index >= 15 is 0 Å². The minimum atomic E-state index is 0.0296. The van der Waals surface area contributed by atoms with Gasteiger partial charge in [0.1, 0.15) is 11.6 Å². The van der Waals surface area contributed by atoms with Crippen molar-refractivity contribution in [2.24, 2.45) is 0 Å². The Kier molecular flexibility index (Phi) is 4.59. The molecule has 0 saturated carbocycles. The Morgan fingerprint density at radius 2 is 1.81 bits per heavy atom. The molecule has 0 aliphatic carbocycles. The fourth-order valence-electron chi connectivity index (χ4n) is 3.60. The van der Waals surface area contributed by atoms with Gasteiger partial charge in [0, 0.05) is 43.0 Å². The first-order chi connectivity index (χ1) is 13.0. The second kappa shape index (κ2) is 7.06. The van der Waals surface area contributed by atoms with Gasteiger partial charge in [0.2, 0.25) is 6.79 Å². The Bertz CT molecular complexity index is 884. The quantitative estimate of drug-likeness (QED) is 0.811. The molecule has 1 aromatic heterocycles. The Balaban J connectivity index is 1.49. The number of hydrogen-bond acceptors (Lipinski definition) is 6. The van der Waals surface area contributed by atoms with Gasteiger partial charge in [-0.3, -0.25) is 4.79 Å². The van der Waals surface area contributed by atoms with Crippen molar-refractivity contribution in [1.82, 2.24) is 14.9 Å². The van der Waals surface area contributed by atoms with E-state index in [1.807, 2.05) is 18.7 Å². The summed E-state index contributed by atoms with van der Waals surface area (Å²) < 4.78 is 10.7. The van der Waals surface area contributed by atoms with Crippen molar-refractivity contribution in [3.05, 3.63) is 40.8 Å². The highest BCUT2D eigenvalue weighted by molar-refractivity contribution is 5.95. The van der Waals surface area contributed by atoms with E-state index in [9.17, 15) is 4.79 Å². The number of fused-ring (bicyclic) bond motifs is 1. The number of rotatable bonds is 2. The third-order valence-corrected chi connectivity index (χ3v) is 5.18. The van der Waals surface area contributed by atoms with Crippen LogP contribution in [0.25, 0.3) is 0 Å². The molecule has 0 radical (unpaired) electrons. The molecule has 0 spiro atoms. The molecule has 0 bridgehead atoms. The number of nitrogens with zero attached hydrogens (tertiary/aromatic N) is 4. The molecule has 0 atom stereocenters. The van der Waals surface area contributed by atoms with E-state index in [0.29, 0.717) is 23.6 Å². The summed E-state index contributed by atoms with van der Waals surface area (Å²) in [5.74, 6) is 3.13. The van der Waals surface area contributed by atoms with Crippen molar-refractivity contribution < 1.29 is 14.3 Å². The van der Waals surface area contributed by atoms with Crippen molar-refractivity contribution in [2.45, 2.75) is 27.2 Å². The van der Waals surface area contributed by atoms with E-state index in [2.05, 4.69) is 21.8 Å². The number of aryl methyl sites for hydroxylation is 2. The van der Waals surface area contributed by atoms with Crippen LogP contribution >= 0.6 is 0 Å². The van der Waals surface area contributed by atoms with Crippen molar-refractivity contribution in [3.8, 4) is 11.5 Å². The fourth-order valence-corrected chi connectivity index (χ4v) is 3.60. The molecule has 7 nitrogen and oxygen atoms in total. The van der Waals surface area contributed by atoms with Crippen molar-refractivity contribution in [3.63, 3.8) is 0 Å². The zero-order valence-electron chi connectivity index (χ0n) is 16.0. The number of carbonyl (C=O) groups is 1. The Morgan fingerprint density at radius 3 is 2.67 bits per heavy atom. The molecule has 7 heteroatoms. The first-order valence-electron chi connectivity index (χ1n) is 9.28. The summed E-state index contributed by atoms with van der Waals surface area (Å²) in [4.78, 5) is 26.2. The number of aromatic nitrogens is 2. The maximum Gasteiger partial charge on any atom is 0.254 e. The first kappa shape index (κ1) is 17.6. The van der Waals surface area contributed by atoms with E-state index in [1.165, 1.54) is 0 Å². The van der Waals surface area contributed by atoms with Gasteiger partial charge in [-0.1, -0.05) is 0 Å². The zero-order valence-corrected chi connectivity index (χ0v) is 16.0. The molecule has 3 heterocycles. The maximum absolute atomic E-state index is 13.0. The van der Waals surface area contributed by atoms with Crippen LogP contribution in [0, 0.1) is 20.8 Å². The van der Waals surface area contributed by atoms with Crippen LogP contribution < -0.4 is 14.4 Å². The molecule has 0 N–H and O–H groups in total. The lowest BCUT2D eigenvalue weighted by molar-refractivity contribution is 0.0766. The second-order valence-corrected chi connectivity index (χ2v) is 7.01. The van der Waals surface area contributed by atoms with Crippen LogP contribution in [-0.2, 0) is 0 Å². The monoisotopic (exact) mass is 368 g/mol. The summed E-state index contributed by atoms with van der Waals surface area (Å²) in [6, 6.07) is 5.38. The fraction of sp³-hybridized carbons (Fsp3) is 0.450. The number of carbonyl (C=O) groups excluding carboxylic acids is 1. The first-order valence-corrected chi connectivity index (χ1v) is 9.28. The average molecular weight is 368 g/mol. The van der Waals surface area contributed by atoms with Gasteiger partial charge in [-0.2, -0.15) is 0 Å². The predicted molar refractivity (Wildman–Crippen MR) is 102 cm³/mol. The average Bonchev–Trinajstić information content (AvgIpc) is 2.99. The van der Waals surface area contributed by atoms with Crippen LogP contribution in [0.4, 0.5) is 5.82 Å². The lowest BCUT2D eigenvalue weighted by Crippen LogP contribution is -2.35. The van der Waals surface area contributed by atoms with Gasteiger partial charge in [0.05, 0.1) is 0 Å². The lowest BCUT2D eigenvalue weighted by Gasteiger charge is -2.25. The van der Waals surface area contributed by atoms with Crippen LogP contribution in [-0.4, -0.2) is 53.7 Å². The zero-order chi connectivity index (χ0) is 19.0. The van der Waals surface area contributed by atoms with E-state index in [-0.39, 0.29) is 12.7 Å². The third-order valence-electron chi connectivity index (χ3n) is 5.18. The molecule has 1 saturated heterocycles. The number of amides is 1. The number of ether oxygens (including phenoxy) is 2. The van der Waals surface area contributed by atoms with Crippen LogP contribution in [0.2, 0.25) is 0 Å².